The van der Waals surface area contributed by atoms with Crippen molar-refractivity contribution in [2.75, 3.05) is 26.7 Å². The molecule has 2 atom stereocenters. The minimum Gasteiger partial charge on any atom is -0.496 e. The second-order valence-corrected chi connectivity index (χ2v) is 5.69. The maximum Gasteiger partial charge on any atom is 0.303 e. The molecule has 0 bridgehead atoms. The Hall–Kier alpha value is -1.92. The summed E-state index contributed by atoms with van der Waals surface area (Å²) < 4.78 is 5.47. The van der Waals surface area contributed by atoms with Gasteiger partial charge in [-0.25, -0.2) is 0 Å². The molecule has 0 aromatic heterocycles. The van der Waals surface area contributed by atoms with Gasteiger partial charge >= 0.3 is 5.97 Å². The van der Waals surface area contributed by atoms with Crippen LogP contribution in [-0.4, -0.2) is 55.0 Å². The summed E-state index contributed by atoms with van der Waals surface area (Å²) in [6, 6.07) is 7.85. The molecule has 0 spiro atoms. The van der Waals surface area contributed by atoms with Crippen LogP contribution in [0.3, 0.4) is 0 Å². The number of aliphatic carboxylic acids is 1. The number of rotatable bonds is 8. The van der Waals surface area contributed by atoms with Crippen LogP contribution in [-0.2, 0) is 9.59 Å². The van der Waals surface area contributed by atoms with Crippen molar-refractivity contribution >= 4 is 12.3 Å². The van der Waals surface area contributed by atoms with Crippen LogP contribution in [0.5, 0.6) is 5.75 Å². The molecule has 1 saturated heterocycles. The van der Waals surface area contributed by atoms with E-state index in [1.165, 1.54) is 0 Å². The molecule has 0 amide bonds. The highest BCUT2D eigenvalue weighted by Gasteiger charge is 2.31. The Morgan fingerprint density at radius 2 is 2.30 bits per heavy atom. The SMILES string of the molecule is COc1ccccc1C1CNCCN1C(CC=O)CCC(=O)O. The first-order valence-corrected chi connectivity index (χ1v) is 7.92. The summed E-state index contributed by atoms with van der Waals surface area (Å²) in [5.74, 6) is -0.0147. The van der Waals surface area contributed by atoms with Gasteiger partial charge in [-0.15, -0.1) is 0 Å². The van der Waals surface area contributed by atoms with E-state index in [2.05, 4.69) is 10.2 Å². The third-order valence-electron chi connectivity index (χ3n) is 4.31. The number of hydrogen-bond donors (Lipinski definition) is 2. The van der Waals surface area contributed by atoms with Gasteiger partial charge in [0.05, 0.1) is 13.2 Å². The maximum atomic E-state index is 11.1. The summed E-state index contributed by atoms with van der Waals surface area (Å²) in [5, 5.41) is 12.3. The van der Waals surface area contributed by atoms with E-state index in [4.69, 9.17) is 9.84 Å². The molecule has 1 aliphatic heterocycles. The number of carbonyl (C=O) groups is 2. The number of carboxylic acids is 1. The average Bonchev–Trinajstić information content (AvgIpc) is 2.58. The van der Waals surface area contributed by atoms with Crippen molar-refractivity contribution in [2.45, 2.75) is 31.3 Å². The first-order chi connectivity index (χ1) is 11.2. The fourth-order valence-electron chi connectivity index (χ4n) is 3.21. The van der Waals surface area contributed by atoms with Crippen LogP contribution in [0.4, 0.5) is 0 Å². The largest absolute Gasteiger partial charge is 0.496 e. The lowest BCUT2D eigenvalue weighted by Crippen LogP contribution is -2.50. The van der Waals surface area contributed by atoms with Gasteiger partial charge in [0.15, 0.2) is 0 Å². The van der Waals surface area contributed by atoms with Crippen LogP contribution in [0.25, 0.3) is 0 Å². The van der Waals surface area contributed by atoms with Gasteiger partial charge in [0.1, 0.15) is 12.0 Å². The molecule has 1 aliphatic rings. The summed E-state index contributed by atoms with van der Waals surface area (Å²) in [4.78, 5) is 24.2. The second kappa shape index (κ2) is 8.64. The van der Waals surface area contributed by atoms with Crippen molar-refractivity contribution in [3.8, 4) is 5.75 Å². The fourth-order valence-corrected chi connectivity index (χ4v) is 3.21. The van der Waals surface area contributed by atoms with Crippen LogP contribution in [0.15, 0.2) is 24.3 Å². The van der Waals surface area contributed by atoms with Crippen LogP contribution in [0.2, 0.25) is 0 Å². The molecule has 6 nitrogen and oxygen atoms in total. The average molecular weight is 320 g/mol. The summed E-state index contributed by atoms with van der Waals surface area (Å²) in [7, 11) is 1.65. The van der Waals surface area contributed by atoms with Crippen molar-refractivity contribution in [1.29, 1.82) is 0 Å². The van der Waals surface area contributed by atoms with Gasteiger partial charge in [0.2, 0.25) is 0 Å². The molecule has 1 aromatic rings. The maximum absolute atomic E-state index is 11.1. The molecule has 2 N–H and O–H groups in total. The van der Waals surface area contributed by atoms with Crippen molar-refractivity contribution in [2.24, 2.45) is 0 Å². The summed E-state index contributed by atoms with van der Waals surface area (Å²) >= 11 is 0. The topological polar surface area (TPSA) is 78.9 Å². The predicted molar refractivity (Wildman–Crippen MR) is 86.6 cm³/mol. The number of benzene rings is 1. The molecule has 1 fully saturated rings. The molecule has 0 saturated carbocycles. The molecule has 23 heavy (non-hydrogen) atoms. The third-order valence-corrected chi connectivity index (χ3v) is 4.31. The minimum absolute atomic E-state index is 0.0682. The lowest BCUT2D eigenvalue weighted by atomic mass is 9.97. The van der Waals surface area contributed by atoms with E-state index < -0.39 is 5.97 Å². The number of piperazine rings is 1. The van der Waals surface area contributed by atoms with Gasteiger partial charge in [-0.3, -0.25) is 9.69 Å². The molecule has 2 rings (SSSR count). The number of nitrogens with one attached hydrogen (secondary N) is 1. The van der Waals surface area contributed by atoms with E-state index in [0.29, 0.717) is 12.8 Å². The fraction of sp³-hybridized carbons (Fsp3) is 0.529. The first kappa shape index (κ1) is 17.4. The normalized spacial score (nSPS) is 20.0. The highest BCUT2D eigenvalue weighted by molar-refractivity contribution is 5.66. The lowest BCUT2D eigenvalue weighted by molar-refractivity contribution is -0.137. The molecular formula is C17H24N2O4. The summed E-state index contributed by atoms with van der Waals surface area (Å²) in [6.07, 6.45) is 1.77. The Morgan fingerprint density at radius 1 is 1.52 bits per heavy atom. The van der Waals surface area contributed by atoms with Gasteiger partial charge in [0, 0.05) is 44.1 Å². The number of ether oxygens (including phenoxy) is 1. The van der Waals surface area contributed by atoms with E-state index in [1.54, 1.807) is 7.11 Å². The number of nitrogens with zero attached hydrogens (tertiary/aromatic N) is 1. The standard InChI is InChI=1S/C17H24N2O4/c1-23-16-5-3-2-4-14(16)15-12-18-9-10-19(15)13(8-11-20)6-7-17(21)22/h2-5,11,13,15,18H,6-10,12H2,1H3,(H,21,22). The van der Waals surface area contributed by atoms with Crippen molar-refractivity contribution in [3.05, 3.63) is 29.8 Å². The zero-order valence-corrected chi connectivity index (χ0v) is 13.4. The predicted octanol–water partition coefficient (Wildman–Crippen LogP) is 1.46. The number of carboxylic acid groups (broad SMARTS) is 1. The first-order valence-electron chi connectivity index (χ1n) is 7.92. The van der Waals surface area contributed by atoms with Gasteiger partial charge in [0.25, 0.3) is 0 Å². The molecule has 2 unspecified atom stereocenters. The van der Waals surface area contributed by atoms with Gasteiger partial charge in [-0.05, 0) is 12.5 Å². The van der Waals surface area contributed by atoms with Crippen LogP contribution in [0.1, 0.15) is 30.9 Å². The van der Waals surface area contributed by atoms with E-state index >= 15 is 0 Å². The monoisotopic (exact) mass is 320 g/mol. The molecule has 0 radical (unpaired) electrons. The van der Waals surface area contributed by atoms with Gasteiger partial charge < -0.3 is 20.0 Å². The Bertz CT molecular complexity index is 535. The van der Waals surface area contributed by atoms with E-state index in [9.17, 15) is 9.59 Å². The van der Waals surface area contributed by atoms with Gasteiger partial charge in [-0.1, -0.05) is 18.2 Å². The summed E-state index contributed by atoms with van der Waals surface area (Å²) in [5.41, 5.74) is 1.06. The lowest BCUT2D eigenvalue weighted by Gasteiger charge is -2.41. The zero-order valence-electron chi connectivity index (χ0n) is 13.4. The molecular weight excluding hydrogens is 296 g/mol. The number of carbonyl (C=O) groups excluding carboxylic acids is 1. The zero-order chi connectivity index (χ0) is 16.7. The Labute approximate surface area is 136 Å². The number of aldehydes is 1. The van der Waals surface area contributed by atoms with Gasteiger partial charge in [-0.2, -0.15) is 0 Å². The molecule has 6 heteroatoms. The smallest absolute Gasteiger partial charge is 0.303 e. The van der Waals surface area contributed by atoms with Crippen molar-refractivity contribution in [1.82, 2.24) is 10.2 Å². The van der Waals surface area contributed by atoms with E-state index in [1.807, 2.05) is 24.3 Å². The second-order valence-electron chi connectivity index (χ2n) is 5.69. The quantitative estimate of drug-likeness (QED) is 0.706. The van der Waals surface area contributed by atoms with Crippen LogP contribution >= 0.6 is 0 Å². The number of para-hydroxylation sites is 1. The molecule has 126 valence electrons. The molecule has 1 aromatic carbocycles. The number of methoxy groups -OCH3 is 1. The third kappa shape index (κ3) is 4.53. The van der Waals surface area contributed by atoms with Crippen LogP contribution in [0, 0.1) is 0 Å². The minimum atomic E-state index is -0.829. The molecule has 1 heterocycles. The van der Waals surface area contributed by atoms with Crippen LogP contribution < -0.4 is 10.1 Å². The van der Waals surface area contributed by atoms with Crippen molar-refractivity contribution < 1.29 is 19.4 Å². The number of hydrogen-bond acceptors (Lipinski definition) is 5. The Kier molecular flexibility index (Phi) is 6.55. The Balaban J connectivity index is 2.24. The Morgan fingerprint density at radius 3 is 3.00 bits per heavy atom. The summed E-state index contributed by atoms with van der Waals surface area (Å²) in [6.45, 7) is 2.36. The highest BCUT2D eigenvalue weighted by atomic mass is 16.5. The van der Waals surface area contributed by atoms with E-state index in [0.717, 1.165) is 37.2 Å². The van der Waals surface area contributed by atoms with Crippen molar-refractivity contribution in [3.63, 3.8) is 0 Å². The highest BCUT2D eigenvalue weighted by Crippen LogP contribution is 2.32. The van der Waals surface area contributed by atoms with E-state index in [-0.39, 0.29) is 18.5 Å². The molecule has 0 aliphatic carbocycles.